The van der Waals surface area contributed by atoms with Gasteiger partial charge in [0.25, 0.3) is 5.91 Å². The highest BCUT2D eigenvalue weighted by atomic mass is 16.5. The number of hydrogen-bond acceptors (Lipinski definition) is 5. The number of amides is 1. The van der Waals surface area contributed by atoms with Gasteiger partial charge in [-0.3, -0.25) is 4.79 Å². The lowest BCUT2D eigenvalue weighted by molar-refractivity contribution is -0.130. The molecule has 6 heteroatoms. The number of carbonyl (C=O) groups excluding carboxylic acids is 2. The van der Waals surface area contributed by atoms with Crippen molar-refractivity contribution in [3.05, 3.63) is 61.0 Å². The van der Waals surface area contributed by atoms with Crippen LogP contribution in [0.5, 0.6) is 5.75 Å². The third-order valence-corrected chi connectivity index (χ3v) is 2.85. The van der Waals surface area contributed by atoms with Crippen LogP contribution in [0.25, 0.3) is 10.8 Å². The Morgan fingerprint density at radius 3 is 2.41 bits per heavy atom. The van der Waals surface area contributed by atoms with Crippen LogP contribution in [-0.4, -0.2) is 11.9 Å². The molecule has 0 aliphatic heterocycles. The van der Waals surface area contributed by atoms with Crippen LogP contribution in [0, 0.1) is 0 Å². The van der Waals surface area contributed by atoms with E-state index in [1.165, 1.54) is 0 Å². The minimum Gasteiger partial charge on any atom is -0.421 e. The molecular formula is C16H15N3O3. The third kappa shape index (κ3) is 3.24. The second kappa shape index (κ2) is 6.01. The number of carbonyl (C=O) groups is 2. The maximum atomic E-state index is 11.5. The topological polar surface area (TPSA) is 107 Å². The molecule has 2 aromatic rings. The van der Waals surface area contributed by atoms with Crippen molar-refractivity contribution in [2.24, 2.45) is 11.5 Å². The van der Waals surface area contributed by atoms with Gasteiger partial charge in [-0.15, -0.1) is 0 Å². The summed E-state index contributed by atoms with van der Waals surface area (Å²) in [5, 5.41) is 4.07. The van der Waals surface area contributed by atoms with Crippen molar-refractivity contribution < 1.29 is 14.3 Å². The van der Waals surface area contributed by atoms with E-state index in [1.54, 1.807) is 30.3 Å². The Kier molecular flexibility index (Phi) is 4.13. The van der Waals surface area contributed by atoms with Crippen LogP contribution >= 0.6 is 0 Å². The first-order valence-electron chi connectivity index (χ1n) is 6.33. The molecule has 5 N–H and O–H groups in total. The Morgan fingerprint density at radius 2 is 1.77 bits per heavy atom. The predicted octanol–water partition coefficient (Wildman–Crippen LogP) is 1.63. The molecule has 0 aromatic heterocycles. The molecule has 2 aromatic carbocycles. The molecule has 0 saturated heterocycles. The molecule has 112 valence electrons. The van der Waals surface area contributed by atoms with Crippen molar-refractivity contribution in [3.63, 3.8) is 0 Å². The largest absolute Gasteiger partial charge is 0.421 e. The van der Waals surface area contributed by atoms with Gasteiger partial charge in [0.15, 0.2) is 0 Å². The molecule has 22 heavy (non-hydrogen) atoms. The van der Waals surface area contributed by atoms with Crippen LogP contribution in [0.4, 0.5) is 5.69 Å². The number of ether oxygens (including phenoxy) is 1. The van der Waals surface area contributed by atoms with Crippen LogP contribution in [0.3, 0.4) is 0 Å². The molecule has 0 spiro atoms. The Balaban J connectivity index is 2.35. The maximum absolute atomic E-state index is 11.5. The van der Waals surface area contributed by atoms with E-state index in [-0.39, 0.29) is 11.4 Å². The lowest BCUT2D eigenvalue weighted by atomic mass is 10.1. The molecule has 1 amide bonds. The highest BCUT2D eigenvalue weighted by molar-refractivity contribution is 6.04. The molecule has 0 saturated carbocycles. The summed E-state index contributed by atoms with van der Waals surface area (Å²) in [7, 11) is 0. The van der Waals surface area contributed by atoms with E-state index in [9.17, 15) is 9.59 Å². The van der Waals surface area contributed by atoms with E-state index in [1.807, 2.05) is 6.07 Å². The van der Waals surface area contributed by atoms with E-state index < -0.39 is 11.9 Å². The van der Waals surface area contributed by atoms with Crippen molar-refractivity contribution in [2.75, 3.05) is 5.32 Å². The average Bonchev–Trinajstić information content (AvgIpc) is 2.47. The van der Waals surface area contributed by atoms with Crippen molar-refractivity contribution in [2.45, 2.75) is 0 Å². The number of fused-ring (bicyclic) bond motifs is 1. The normalized spacial score (nSPS) is 10.0. The van der Waals surface area contributed by atoms with Gasteiger partial charge in [-0.05, 0) is 29.7 Å². The molecule has 0 aliphatic carbocycles. The lowest BCUT2D eigenvalue weighted by Gasteiger charge is -2.10. The zero-order valence-corrected chi connectivity index (χ0v) is 11.8. The molecule has 0 heterocycles. The quantitative estimate of drug-likeness (QED) is 0.451. The molecule has 0 unspecified atom stereocenters. The fourth-order valence-corrected chi connectivity index (χ4v) is 1.80. The van der Waals surface area contributed by atoms with Crippen LogP contribution in [0.2, 0.25) is 0 Å². The summed E-state index contributed by atoms with van der Waals surface area (Å²) >= 11 is 0. The van der Waals surface area contributed by atoms with Crippen molar-refractivity contribution in [1.29, 1.82) is 0 Å². The number of anilines is 1. The molecule has 0 atom stereocenters. The minimum absolute atomic E-state index is 0.0794. The zero-order chi connectivity index (χ0) is 16.3. The van der Waals surface area contributed by atoms with E-state index in [4.69, 9.17) is 16.2 Å². The second-order valence-corrected chi connectivity index (χ2v) is 4.59. The summed E-state index contributed by atoms with van der Waals surface area (Å²) in [4.78, 5) is 23.0. The number of benzene rings is 2. The fourth-order valence-electron chi connectivity index (χ4n) is 1.80. The van der Waals surface area contributed by atoms with Crippen molar-refractivity contribution >= 4 is 28.3 Å². The molecule has 0 radical (unpaired) electrons. The number of hydrogen-bond donors (Lipinski definition) is 3. The number of esters is 1. The predicted molar refractivity (Wildman–Crippen MR) is 84.9 cm³/mol. The highest BCUT2D eigenvalue weighted by Gasteiger charge is 2.10. The lowest BCUT2D eigenvalue weighted by Crippen LogP contribution is -2.18. The molecule has 0 bridgehead atoms. The summed E-state index contributed by atoms with van der Waals surface area (Å²) in [5.41, 5.74) is 10.9. The number of nitrogens with one attached hydrogen (secondary N) is 1. The van der Waals surface area contributed by atoms with Gasteiger partial charge in [-0.25, -0.2) is 4.79 Å². The molecule has 0 fully saturated rings. The summed E-state index contributed by atoms with van der Waals surface area (Å²) in [5.74, 6) is -0.819. The summed E-state index contributed by atoms with van der Waals surface area (Å²) < 4.78 is 5.16. The van der Waals surface area contributed by atoms with Crippen LogP contribution in [0.1, 0.15) is 0 Å². The molecule has 0 aliphatic rings. The second-order valence-electron chi connectivity index (χ2n) is 4.59. The van der Waals surface area contributed by atoms with E-state index in [2.05, 4.69) is 18.5 Å². The first-order valence-corrected chi connectivity index (χ1v) is 6.33. The Morgan fingerprint density at radius 1 is 1.05 bits per heavy atom. The van der Waals surface area contributed by atoms with Crippen LogP contribution in [0.15, 0.2) is 61.0 Å². The van der Waals surface area contributed by atoms with Gasteiger partial charge in [0.2, 0.25) is 0 Å². The first kappa shape index (κ1) is 15.1. The minimum atomic E-state index is -0.704. The van der Waals surface area contributed by atoms with Gasteiger partial charge in [0.05, 0.1) is 5.70 Å². The highest BCUT2D eigenvalue weighted by Crippen LogP contribution is 2.28. The standard InChI is InChI=1S/C16H15N3O3/c1-9(17)15(20)19-12-6-7-13-11(8-12)4-3-5-14(13)22-16(21)10(2)18/h3-8H,1-2,17-18H2,(H,19,20). The summed E-state index contributed by atoms with van der Waals surface area (Å²) in [6, 6.07) is 10.3. The van der Waals surface area contributed by atoms with Crippen LogP contribution in [-0.2, 0) is 9.59 Å². The molecular weight excluding hydrogens is 282 g/mol. The van der Waals surface area contributed by atoms with Crippen molar-refractivity contribution in [1.82, 2.24) is 0 Å². The van der Waals surface area contributed by atoms with Gasteiger partial charge in [0, 0.05) is 11.1 Å². The Hall–Kier alpha value is -3.28. The van der Waals surface area contributed by atoms with E-state index in [0.29, 0.717) is 16.8 Å². The Bertz CT molecular complexity index is 796. The fraction of sp³-hybridized carbons (Fsp3) is 0. The third-order valence-electron chi connectivity index (χ3n) is 2.85. The van der Waals surface area contributed by atoms with Gasteiger partial charge in [-0.2, -0.15) is 0 Å². The zero-order valence-electron chi connectivity index (χ0n) is 11.8. The van der Waals surface area contributed by atoms with E-state index >= 15 is 0 Å². The summed E-state index contributed by atoms with van der Waals surface area (Å²) in [6.07, 6.45) is 0. The van der Waals surface area contributed by atoms with Crippen LogP contribution < -0.4 is 21.5 Å². The first-order chi connectivity index (χ1) is 10.4. The van der Waals surface area contributed by atoms with Gasteiger partial charge < -0.3 is 21.5 Å². The van der Waals surface area contributed by atoms with Gasteiger partial charge in [0.1, 0.15) is 11.4 Å². The number of nitrogens with two attached hydrogens (primary N) is 2. The molecule has 2 rings (SSSR count). The number of rotatable bonds is 4. The monoisotopic (exact) mass is 297 g/mol. The molecule has 6 nitrogen and oxygen atoms in total. The van der Waals surface area contributed by atoms with Gasteiger partial charge in [-0.1, -0.05) is 25.3 Å². The van der Waals surface area contributed by atoms with Gasteiger partial charge >= 0.3 is 5.97 Å². The van der Waals surface area contributed by atoms with Crippen molar-refractivity contribution in [3.8, 4) is 5.75 Å². The summed E-state index contributed by atoms with van der Waals surface area (Å²) in [6.45, 7) is 6.70. The smallest absolute Gasteiger partial charge is 0.358 e. The SMILES string of the molecule is C=C(N)C(=O)Nc1ccc2c(OC(=O)C(=C)N)cccc2c1. The Labute approximate surface area is 127 Å². The van der Waals surface area contributed by atoms with E-state index in [0.717, 1.165) is 5.39 Å². The maximum Gasteiger partial charge on any atom is 0.358 e. The average molecular weight is 297 g/mol.